The Morgan fingerprint density at radius 2 is 2.21 bits per heavy atom. The third-order valence-electron chi connectivity index (χ3n) is 2.37. The minimum absolute atomic E-state index is 0.564. The van der Waals surface area contributed by atoms with Crippen LogP contribution in [0, 0.1) is 0 Å². The Morgan fingerprint density at radius 1 is 1.50 bits per heavy atom. The lowest BCUT2D eigenvalue weighted by atomic mass is 10.2. The third kappa shape index (κ3) is 3.00. The normalized spacial score (nSPS) is 11.2. The standard InChI is InChI=1S/C11H19N3/c1-4-14(9(2)3)8-10-5-6-13-11(12)7-10/h5-7,9H,4,8H2,1-3H3,(H2,12,13). The van der Waals surface area contributed by atoms with Crippen LogP contribution < -0.4 is 5.73 Å². The summed E-state index contributed by atoms with van der Waals surface area (Å²) in [6.07, 6.45) is 1.76. The molecule has 3 nitrogen and oxygen atoms in total. The minimum atomic E-state index is 0.564. The van der Waals surface area contributed by atoms with E-state index in [0.717, 1.165) is 13.1 Å². The number of rotatable bonds is 4. The summed E-state index contributed by atoms with van der Waals surface area (Å²) in [5.41, 5.74) is 6.85. The molecule has 0 aliphatic rings. The molecular weight excluding hydrogens is 174 g/mol. The Hall–Kier alpha value is -1.09. The van der Waals surface area contributed by atoms with Crippen molar-refractivity contribution in [3.05, 3.63) is 23.9 Å². The van der Waals surface area contributed by atoms with Crippen molar-refractivity contribution in [3.8, 4) is 0 Å². The fourth-order valence-corrected chi connectivity index (χ4v) is 1.49. The molecule has 1 aromatic heterocycles. The quantitative estimate of drug-likeness (QED) is 0.794. The van der Waals surface area contributed by atoms with E-state index in [1.807, 2.05) is 12.1 Å². The van der Waals surface area contributed by atoms with Crippen molar-refractivity contribution in [1.82, 2.24) is 9.88 Å². The maximum Gasteiger partial charge on any atom is 0.123 e. The van der Waals surface area contributed by atoms with E-state index in [4.69, 9.17) is 5.73 Å². The summed E-state index contributed by atoms with van der Waals surface area (Å²) < 4.78 is 0. The van der Waals surface area contributed by atoms with Crippen LogP contribution in [0.25, 0.3) is 0 Å². The highest BCUT2D eigenvalue weighted by atomic mass is 15.1. The molecule has 0 amide bonds. The maximum absolute atomic E-state index is 5.62. The van der Waals surface area contributed by atoms with E-state index < -0.39 is 0 Å². The number of nitrogens with zero attached hydrogens (tertiary/aromatic N) is 2. The van der Waals surface area contributed by atoms with Crippen molar-refractivity contribution in [2.45, 2.75) is 33.4 Å². The van der Waals surface area contributed by atoms with Gasteiger partial charge < -0.3 is 5.73 Å². The van der Waals surface area contributed by atoms with E-state index >= 15 is 0 Å². The van der Waals surface area contributed by atoms with Crippen LogP contribution in [0.15, 0.2) is 18.3 Å². The highest BCUT2D eigenvalue weighted by Gasteiger charge is 2.07. The lowest BCUT2D eigenvalue weighted by molar-refractivity contribution is 0.225. The van der Waals surface area contributed by atoms with Gasteiger partial charge in [-0.15, -0.1) is 0 Å². The van der Waals surface area contributed by atoms with Crippen molar-refractivity contribution >= 4 is 5.82 Å². The molecule has 0 bridgehead atoms. The molecule has 0 radical (unpaired) electrons. The van der Waals surface area contributed by atoms with Gasteiger partial charge in [0, 0.05) is 18.8 Å². The smallest absolute Gasteiger partial charge is 0.123 e. The number of hydrogen-bond acceptors (Lipinski definition) is 3. The van der Waals surface area contributed by atoms with E-state index in [-0.39, 0.29) is 0 Å². The van der Waals surface area contributed by atoms with Gasteiger partial charge in [-0.05, 0) is 38.1 Å². The number of pyridine rings is 1. The van der Waals surface area contributed by atoms with Crippen LogP contribution >= 0.6 is 0 Å². The van der Waals surface area contributed by atoms with Gasteiger partial charge in [0.05, 0.1) is 0 Å². The van der Waals surface area contributed by atoms with E-state index in [1.54, 1.807) is 6.20 Å². The average molecular weight is 193 g/mol. The average Bonchev–Trinajstić information content (AvgIpc) is 2.14. The Bertz CT molecular complexity index is 284. The SMILES string of the molecule is CCN(Cc1ccnc(N)c1)C(C)C. The number of hydrogen-bond donors (Lipinski definition) is 1. The molecule has 0 aromatic carbocycles. The van der Waals surface area contributed by atoms with Gasteiger partial charge in [-0.2, -0.15) is 0 Å². The van der Waals surface area contributed by atoms with Crippen LogP contribution in [0.1, 0.15) is 26.3 Å². The summed E-state index contributed by atoms with van der Waals surface area (Å²) >= 11 is 0. The van der Waals surface area contributed by atoms with Crippen molar-refractivity contribution < 1.29 is 0 Å². The van der Waals surface area contributed by atoms with Gasteiger partial charge in [0.1, 0.15) is 5.82 Å². The second kappa shape index (κ2) is 4.96. The Kier molecular flexibility index (Phi) is 3.89. The predicted octanol–water partition coefficient (Wildman–Crippen LogP) is 1.89. The fourth-order valence-electron chi connectivity index (χ4n) is 1.49. The van der Waals surface area contributed by atoms with Gasteiger partial charge in [-0.25, -0.2) is 4.98 Å². The second-order valence-electron chi connectivity index (χ2n) is 3.75. The fraction of sp³-hybridized carbons (Fsp3) is 0.545. The van der Waals surface area contributed by atoms with E-state index in [1.165, 1.54) is 5.56 Å². The molecule has 0 atom stereocenters. The van der Waals surface area contributed by atoms with Crippen LogP contribution in [-0.4, -0.2) is 22.5 Å². The van der Waals surface area contributed by atoms with E-state index in [0.29, 0.717) is 11.9 Å². The molecule has 78 valence electrons. The Labute approximate surface area is 85.9 Å². The third-order valence-corrected chi connectivity index (χ3v) is 2.37. The monoisotopic (exact) mass is 193 g/mol. The first-order valence-corrected chi connectivity index (χ1v) is 5.08. The lowest BCUT2D eigenvalue weighted by Gasteiger charge is -2.24. The van der Waals surface area contributed by atoms with Crippen LogP contribution in [0.5, 0.6) is 0 Å². The highest BCUT2D eigenvalue weighted by Crippen LogP contribution is 2.09. The zero-order chi connectivity index (χ0) is 10.6. The van der Waals surface area contributed by atoms with Gasteiger partial charge in [-0.3, -0.25) is 4.90 Å². The van der Waals surface area contributed by atoms with Crippen molar-refractivity contribution in [2.75, 3.05) is 12.3 Å². The molecule has 0 unspecified atom stereocenters. The van der Waals surface area contributed by atoms with Crippen LogP contribution in [0.3, 0.4) is 0 Å². The number of anilines is 1. The summed E-state index contributed by atoms with van der Waals surface area (Å²) in [6.45, 7) is 8.58. The van der Waals surface area contributed by atoms with Crippen LogP contribution in [0.2, 0.25) is 0 Å². The number of nitrogens with two attached hydrogens (primary N) is 1. The van der Waals surface area contributed by atoms with E-state index in [9.17, 15) is 0 Å². The molecule has 1 aromatic rings. The molecule has 2 N–H and O–H groups in total. The van der Waals surface area contributed by atoms with Crippen LogP contribution in [-0.2, 0) is 6.54 Å². The molecule has 0 spiro atoms. The molecule has 3 heteroatoms. The second-order valence-corrected chi connectivity index (χ2v) is 3.75. The number of nitrogen functional groups attached to an aromatic ring is 1. The molecular formula is C11H19N3. The minimum Gasteiger partial charge on any atom is -0.384 e. The van der Waals surface area contributed by atoms with Crippen molar-refractivity contribution in [1.29, 1.82) is 0 Å². The van der Waals surface area contributed by atoms with Gasteiger partial charge in [-0.1, -0.05) is 6.92 Å². The summed E-state index contributed by atoms with van der Waals surface area (Å²) in [5.74, 6) is 0.599. The van der Waals surface area contributed by atoms with Gasteiger partial charge in [0.2, 0.25) is 0 Å². The van der Waals surface area contributed by atoms with Crippen molar-refractivity contribution in [2.24, 2.45) is 0 Å². The summed E-state index contributed by atoms with van der Waals surface area (Å²) in [6, 6.07) is 4.52. The first-order chi connectivity index (χ1) is 6.63. The molecule has 0 saturated carbocycles. The molecule has 0 saturated heterocycles. The largest absolute Gasteiger partial charge is 0.384 e. The zero-order valence-electron chi connectivity index (χ0n) is 9.20. The number of aromatic nitrogens is 1. The molecule has 1 rings (SSSR count). The summed E-state index contributed by atoms with van der Waals surface area (Å²) in [5, 5.41) is 0. The Balaban J connectivity index is 2.67. The summed E-state index contributed by atoms with van der Waals surface area (Å²) in [4.78, 5) is 6.36. The maximum atomic E-state index is 5.62. The molecule has 0 aliphatic carbocycles. The molecule has 0 aliphatic heterocycles. The van der Waals surface area contributed by atoms with Crippen molar-refractivity contribution in [3.63, 3.8) is 0 Å². The van der Waals surface area contributed by atoms with Gasteiger partial charge in [0.25, 0.3) is 0 Å². The lowest BCUT2D eigenvalue weighted by Crippen LogP contribution is -2.29. The first kappa shape index (κ1) is 11.0. The Morgan fingerprint density at radius 3 is 2.71 bits per heavy atom. The predicted molar refractivity (Wildman–Crippen MR) is 59.9 cm³/mol. The van der Waals surface area contributed by atoms with Crippen LogP contribution in [0.4, 0.5) is 5.82 Å². The summed E-state index contributed by atoms with van der Waals surface area (Å²) in [7, 11) is 0. The highest BCUT2D eigenvalue weighted by molar-refractivity contribution is 5.31. The molecule has 1 heterocycles. The van der Waals surface area contributed by atoms with Gasteiger partial charge in [0.15, 0.2) is 0 Å². The molecule has 0 fully saturated rings. The van der Waals surface area contributed by atoms with Gasteiger partial charge >= 0.3 is 0 Å². The first-order valence-electron chi connectivity index (χ1n) is 5.08. The van der Waals surface area contributed by atoms with E-state index in [2.05, 4.69) is 30.7 Å². The topological polar surface area (TPSA) is 42.2 Å². The zero-order valence-corrected chi connectivity index (χ0v) is 9.20. The molecule has 14 heavy (non-hydrogen) atoms.